The van der Waals surface area contributed by atoms with Crippen molar-refractivity contribution in [2.45, 2.75) is 45.2 Å². The Morgan fingerprint density at radius 2 is 1.78 bits per heavy atom. The van der Waals surface area contributed by atoms with Gasteiger partial charge in [-0.05, 0) is 42.5 Å². The molecule has 7 heteroatoms. The molecule has 3 heterocycles. The molecule has 1 fully saturated rings. The number of fused-ring (bicyclic) bond motifs is 2. The molecule has 1 saturated heterocycles. The minimum Gasteiger partial charge on any atom is -0.450 e. The van der Waals surface area contributed by atoms with Crippen molar-refractivity contribution in [2.75, 3.05) is 11.5 Å². The van der Waals surface area contributed by atoms with Gasteiger partial charge in [-0.15, -0.1) is 0 Å². The summed E-state index contributed by atoms with van der Waals surface area (Å²) in [6.45, 7) is 6.10. The van der Waals surface area contributed by atoms with E-state index in [9.17, 15) is 18.0 Å². The standard InChI is InChI=1S/C25H25NO5S/c1-14(2)16-5-7-17(8-6-16)22-21-23(27)19-12-15(3)4-9-20(19)31-24(21)25(28)26(22)18-10-11-32(29,30)13-18/h4-9,12,14,18,22H,10-11,13H2,1-3H3. The maximum Gasteiger partial charge on any atom is 0.291 e. The first-order valence-corrected chi connectivity index (χ1v) is 12.7. The van der Waals surface area contributed by atoms with Gasteiger partial charge in [0.15, 0.2) is 15.3 Å². The highest BCUT2D eigenvalue weighted by atomic mass is 32.2. The van der Waals surface area contributed by atoms with Gasteiger partial charge in [-0.3, -0.25) is 9.59 Å². The molecule has 0 bridgehead atoms. The van der Waals surface area contributed by atoms with Gasteiger partial charge in [0.25, 0.3) is 5.91 Å². The molecule has 2 aromatic carbocycles. The number of sulfone groups is 1. The van der Waals surface area contributed by atoms with Gasteiger partial charge in [-0.2, -0.15) is 0 Å². The van der Waals surface area contributed by atoms with E-state index in [1.54, 1.807) is 17.0 Å². The fourth-order valence-corrected chi connectivity index (χ4v) is 6.58. The fourth-order valence-electron chi connectivity index (χ4n) is 4.87. The van der Waals surface area contributed by atoms with Gasteiger partial charge >= 0.3 is 0 Å². The summed E-state index contributed by atoms with van der Waals surface area (Å²) in [6, 6.07) is 12.0. The Labute approximate surface area is 186 Å². The molecule has 166 valence electrons. The smallest absolute Gasteiger partial charge is 0.291 e. The van der Waals surface area contributed by atoms with Crippen LogP contribution in [0.5, 0.6) is 0 Å². The molecule has 0 aliphatic carbocycles. The van der Waals surface area contributed by atoms with Crippen LogP contribution >= 0.6 is 0 Å². The molecular formula is C25H25NO5S. The molecule has 0 spiro atoms. The number of carbonyl (C=O) groups is 1. The van der Waals surface area contributed by atoms with E-state index in [0.29, 0.717) is 28.9 Å². The highest BCUT2D eigenvalue weighted by molar-refractivity contribution is 7.91. The molecule has 32 heavy (non-hydrogen) atoms. The van der Waals surface area contributed by atoms with Crippen LogP contribution in [0, 0.1) is 6.92 Å². The Kier molecular flexibility index (Phi) is 4.78. The highest BCUT2D eigenvalue weighted by Gasteiger charge is 2.48. The molecule has 2 aliphatic heterocycles. The Bertz CT molecular complexity index is 1400. The van der Waals surface area contributed by atoms with E-state index in [1.165, 1.54) is 0 Å². The van der Waals surface area contributed by atoms with Gasteiger partial charge in [0.05, 0.1) is 28.5 Å². The van der Waals surface area contributed by atoms with E-state index in [4.69, 9.17) is 4.42 Å². The normalized spacial score (nSPS) is 22.1. The topological polar surface area (TPSA) is 84.7 Å². The Balaban J connectivity index is 1.73. The third-order valence-electron chi connectivity index (χ3n) is 6.58. The molecule has 2 unspecified atom stereocenters. The van der Waals surface area contributed by atoms with Crippen LogP contribution in [0.4, 0.5) is 0 Å². The summed E-state index contributed by atoms with van der Waals surface area (Å²) in [4.78, 5) is 28.7. The van der Waals surface area contributed by atoms with Gasteiger partial charge in [0.2, 0.25) is 5.76 Å². The Morgan fingerprint density at radius 1 is 1.06 bits per heavy atom. The molecule has 0 N–H and O–H groups in total. The second-order valence-electron chi connectivity index (χ2n) is 9.17. The van der Waals surface area contributed by atoms with Crippen molar-refractivity contribution in [3.8, 4) is 0 Å². The van der Waals surface area contributed by atoms with Crippen molar-refractivity contribution in [1.82, 2.24) is 4.90 Å². The summed E-state index contributed by atoms with van der Waals surface area (Å²) < 4.78 is 30.4. The molecular weight excluding hydrogens is 426 g/mol. The van der Waals surface area contributed by atoms with E-state index in [0.717, 1.165) is 16.7 Å². The minimum atomic E-state index is -3.22. The second kappa shape index (κ2) is 7.30. The number of hydrogen-bond acceptors (Lipinski definition) is 5. The summed E-state index contributed by atoms with van der Waals surface area (Å²) in [5.41, 5.74) is 3.28. The molecule has 1 aromatic heterocycles. The van der Waals surface area contributed by atoms with Gasteiger partial charge < -0.3 is 9.32 Å². The Morgan fingerprint density at radius 3 is 2.41 bits per heavy atom. The molecule has 5 rings (SSSR count). The minimum absolute atomic E-state index is 0.0218. The SMILES string of the molecule is Cc1ccc2oc3c(c(=O)c2c1)C(c1ccc(C(C)C)cc1)N(C1CCS(=O)(=O)C1)C3=O. The van der Waals surface area contributed by atoms with E-state index in [1.807, 2.05) is 37.3 Å². The van der Waals surface area contributed by atoms with Crippen LogP contribution in [-0.2, 0) is 9.84 Å². The molecule has 6 nitrogen and oxygen atoms in total. The molecule has 0 saturated carbocycles. The van der Waals surface area contributed by atoms with Gasteiger partial charge in [-0.25, -0.2) is 8.42 Å². The largest absolute Gasteiger partial charge is 0.450 e. The van der Waals surface area contributed by atoms with Gasteiger partial charge in [-0.1, -0.05) is 49.7 Å². The van der Waals surface area contributed by atoms with E-state index in [2.05, 4.69) is 13.8 Å². The Hall–Kier alpha value is -2.93. The van der Waals surface area contributed by atoms with Crippen molar-refractivity contribution in [3.05, 3.63) is 80.7 Å². The quantitative estimate of drug-likeness (QED) is 0.602. The number of nitrogens with zero attached hydrogens (tertiary/aromatic N) is 1. The number of carbonyl (C=O) groups excluding carboxylic acids is 1. The molecule has 2 aliphatic rings. The highest BCUT2D eigenvalue weighted by Crippen LogP contribution is 2.41. The predicted molar refractivity (Wildman–Crippen MR) is 123 cm³/mol. The first-order chi connectivity index (χ1) is 15.2. The lowest BCUT2D eigenvalue weighted by molar-refractivity contribution is 0.0662. The van der Waals surface area contributed by atoms with Crippen molar-refractivity contribution in [3.63, 3.8) is 0 Å². The van der Waals surface area contributed by atoms with Crippen LogP contribution in [0.25, 0.3) is 11.0 Å². The van der Waals surface area contributed by atoms with Crippen LogP contribution in [0.2, 0.25) is 0 Å². The number of amides is 1. The molecule has 3 aromatic rings. The lowest BCUT2D eigenvalue weighted by Crippen LogP contribution is -2.40. The number of benzene rings is 2. The van der Waals surface area contributed by atoms with Crippen LogP contribution in [0.15, 0.2) is 51.7 Å². The van der Waals surface area contributed by atoms with Crippen molar-refractivity contribution in [2.24, 2.45) is 0 Å². The fraction of sp³-hybridized carbons (Fsp3) is 0.360. The zero-order valence-corrected chi connectivity index (χ0v) is 19.1. The summed E-state index contributed by atoms with van der Waals surface area (Å²) in [5.74, 6) is -0.109. The van der Waals surface area contributed by atoms with Gasteiger partial charge in [0.1, 0.15) is 5.58 Å². The van der Waals surface area contributed by atoms with Crippen molar-refractivity contribution in [1.29, 1.82) is 0 Å². The van der Waals surface area contributed by atoms with Crippen molar-refractivity contribution < 1.29 is 17.6 Å². The molecule has 0 radical (unpaired) electrons. The number of aryl methyl sites for hydroxylation is 1. The lowest BCUT2D eigenvalue weighted by atomic mass is 9.94. The third-order valence-corrected chi connectivity index (χ3v) is 8.33. The second-order valence-corrected chi connectivity index (χ2v) is 11.4. The van der Waals surface area contributed by atoms with Crippen LogP contribution in [-0.4, -0.2) is 36.8 Å². The zero-order valence-electron chi connectivity index (χ0n) is 18.3. The lowest BCUT2D eigenvalue weighted by Gasteiger charge is -2.30. The summed E-state index contributed by atoms with van der Waals surface area (Å²) in [5, 5.41) is 0.432. The van der Waals surface area contributed by atoms with E-state index in [-0.39, 0.29) is 22.7 Å². The van der Waals surface area contributed by atoms with Crippen LogP contribution in [0.1, 0.15) is 65.0 Å². The summed E-state index contributed by atoms with van der Waals surface area (Å²) in [6.07, 6.45) is 0.357. The van der Waals surface area contributed by atoms with Crippen LogP contribution in [0.3, 0.4) is 0 Å². The van der Waals surface area contributed by atoms with Gasteiger partial charge in [0, 0.05) is 6.04 Å². The summed E-state index contributed by atoms with van der Waals surface area (Å²) >= 11 is 0. The maximum atomic E-state index is 13.6. The molecule has 1 amide bonds. The first kappa shape index (κ1) is 20.9. The predicted octanol–water partition coefficient (Wildman–Crippen LogP) is 3.96. The van der Waals surface area contributed by atoms with E-state index >= 15 is 0 Å². The summed E-state index contributed by atoms with van der Waals surface area (Å²) in [7, 11) is -3.22. The third kappa shape index (κ3) is 3.26. The monoisotopic (exact) mass is 451 g/mol. The molecule has 2 atom stereocenters. The van der Waals surface area contributed by atoms with E-state index < -0.39 is 27.8 Å². The number of rotatable bonds is 3. The zero-order chi connectivity index (χ0) is 22.8. The first-order valence-electron chi connectivity index (χ1n) is 10.9. The number of hydrogen-bond donors (Lipinski definition) is 0. The average molecular weight is 452 g/mol. The van der Waals surface area contributed by atoms with Crippen LogP contribution < -0.4 is 5.43 Å². The maximum absolute atomic E-state index is 13.6. The van der Waals surface area contributed by atoms with Crippen molar-refractivity contribution >= 4 is 26.7 Å². The average Bonchev–Trinajstić information content (AvgIpc) is 3.25.